The highest BCUT2D eigenvalue weighted by Gasteiger charge is 2.11. The molecule has 0 aromatic heterocycles. The van der Waals surface area contributed by atoms with E-state index in [1.807, 2.05) is 39.8 Å². The summed E-state index contributed by atoms with van der Waals surface area (Å²) in [5, 5.41) is 26.1. The van der Waals surface area contributed by atoms with Crippen LogP contribution in [-0.4, -0.2) is 60.8 Å². The molecule has 0 fully saturated rings. The third kappa shape index (κ3) is 9.08. The van der Waals surface area contributed by atoms with Crippen molar-refractivity contribution in [2.45, 2.75) is 52.0 Å². The molecule has 6 heteroatoms. The Labute approximate surface area is 145 Å². The minimum atomic E-state index is -0.596. The lowest BCUT2D eigenvalue weighted by molar-refractivity contribution is 0.0909. The minimum absolute atomic E-state index is 0.178. The summed E-state index contributed by atoms with van der Waals surface area (Å²) in [4.78, 5) is 0. The van der Waals surface area contributed by atoms with E-state index in [4.69, 9.17) is 9.47 Å². The van der Waals surface area contributed by atoms with Gasteiger partial charge in [0.05, 0.1) is 0 Å². The van der Waals surface area contributed by atoms with Gasteiger partial charge in [-0.3, -0.25) is 0 Å². The fraction of sp³-hybridized carbons (Fsp3) is 0.667. The molecule has 0 amide bonds. The predicted octanol–water partition coefficient (Wildman–Crippen LogP) is 1.16. The van der Waals surface area contributed by atoms with E-state index < -0.39 is 12.2 Å². The molecule has 0 heterocycles. The van der Waals surface area contributed by atoms with Gasteiger partial charge in [0, 0.05) is 25.2 Å². The topological polar surface area (TPSA) is 83.0 Å². The van der Waals surface area contributed by atoms with Crippen molar-refractivity contribution in [2.75, 3.05) is 26.3 Å². The maximum absolute atomic E-state index is 9.91. The molecule has 0 spiro atoms. The summed E-state index contributed by atoms with van der Waals surface area (Å²) in [7, 11) is 0. The van der Waals surface area contributed by atoms with Gasteiger partial charge in [-0.05, 0) is 12.1 Å². The first-order chi connectivity index (χ1) is 11.4. The first-order valence-electron chi connectivity index (χ1n) is 8.56. The molecular weight excluding hydrogens is 308 g/mol. The molecule has 0 unspecified atom stereocenters. The lowest BCUT2D eigenvalue weighted by atomic mass is 10.3. The van der Waals surface area contributed by atoms with Crippen LogP contribution in [0.15, 0.2) is 24.3 Å². The standard InChI is InChI=1S/C18H32N2O4/c1-13(2)19-9-15(21)11-23-17-7-5-6-8-18(17)24-12-16(22)10-20-14(3)4/h5-8,13-16,19-22H,9-12H2,1-4H3/t15-,16-/m0/s1. The number of para-hydroxylation sites is 2. The molecule has 2 atom stereocenters. The van der Waals surface area contributed by atoms with Crippen LogP contribution in [0.1, 0.15) is 27.7 Å². The fourth-order valence-corrected chi connectivity index (χ4v) is 1.92. The maximum atomic E-state index is 9.91. The Morgan fingerprint density at radius 2 is 1.17 bits per heavy atom. The third-order valence-electron chi connectivity index (χ3n) is 3.24. The van der Waals surface area contributed by atoms with Crippen molar-refractivity contribution < 1.29 is 19.7 Å². The molecule has 6 nitrogen and oxygen atoms in total. The van der Waals surface area contributed by atoms with Crippen molar-refractivity contribution in [3.05, 3.63) is 24.3 Å². The zero-order valence-corrected chi connectivity index (χ0v) is 15.2. The van der Waals surface area contributed by atoms with E-state index in [2.05, 4.69) is 10.6 Å². The summed E-state index contributed by atoms with van der Waals surface area (Å²) in [5.41, 5.74) is 0. The van der Waals surface area contributed by atoms with Gasteiger partial charge in [-0.15, -0.1) is 0 Å². The van der Waals surface area contributed by atoms with Gasteiger partial charge in [-0.25, -0.2) is 0 Å². The number of aliphatic hydroxyl groups excluding tert-OH is 2. The van der Waals surface area contributed by atoms with Crippen molar-refractivity contribution in [3.8, 4) is 11.5 Å². The SMILES string of the molecule is CC(C)NC[C@H](O)COc1ccccc1OC[C@@H](O)CNC(C)C. The van der Waals surface area contributed by atoms with Crippen LogP contribution in [0.5, 0.6) is 11.5 Å². The fourth-order valence-electron chi connectivity index (χ4n) is 1.92. The molecular formula is C18H32N2O4. The monoisotopic (exact) mass is 340 g/mol. The van der Waals surface area contributed by atoms with E-state index in [0.717, 1.165) is 0 Å². The van der Waals surface area contributed by atoms with E-state index >= 15 is 0 Å². The Morgan fingerprint density at radius 3 is 1.50 bits per heavy atom. The average molecular weight is 340 g/mol. The molecule has 138 valence electrons. The summed E-state index contributed by atoms with van der Waals surface area (Å²) < 4.78 is 11.3. The number of aliphatic hydroxyl groups is 2. The van der Waals surface area contributed by atoms with Gasteiger partial charge in [0.25, 0.3) is 0 Å². The Bertz CT molecular complexity index is 413. The molecule has 0 saturated heterocycles. The average Bonchev–Trinajstić information content (AvgIpc) is 2.55. The summed E-state index contributed by atoms with van der Waals surface area (Å²) in [6, 6.07) is 7.90. The lowest BCUT2D eigenvalue weighted by Crippen LogP contribution is -2.35. The number of benzene rings is 1. The zero-order valence-electron chi connectivity index (χ0n) is 15.2. The summed E-state index contributed by atoms with van der Waals surface area (Å²) in [6.45, 7) is 9.40. The van der Waals surface area contributed by atoms with E-state index in [-0.39, 0.29) is 13.2 Å². The molecule has 0 bridgehead atoms. The second kappa shape index (κ2) is 11.3. The van der Waals surface area contributed by atoms with Crippen LogP contribution in [0.3, 0.4) is 0 Å². The van der Waals surface area contributed by atoms with E-state index in [1.165, 1.54) is 0 Å². The largest absolute Gasteiger partial charge is 0.487 e. The number of nitrogens with one attached hydrogen (secondary N) is 2. The van der Waals surface area contributed by atoms with Crippen LogP contribution in [0.25, 0.3) is 0 Å². The van der Waals surface area contributed by atoms with Crippen LogP contribution in [0, 0.1) is 0 Å². The molecule has 1 rings (SSSR count). The quantitative estimate of drug-likeness (QED) is 0.457. The number of rotatable bonds is 12. The second-order valence-electron chi connectivity index (χ2n) is 6.50. The molecule has 0 radical (unpaired) electrons. The maximum Gasteiger partial charge on any atom is 0.161 e. The van der Waals surface area contributed by atoms with Gasteiger partial charge < -0.3 is 30.3 Å². The van der Waals surface area contributed by atoms with Crippen LogP contribution >= 0.6 is 0 Å². The van der Waals surface area contributed by atoms with E-state index in [1.54, 1.807) is 12.1 Å². The highest BCUT2D eigenvalue weighted by molar-refractivity contribution is 5.39. The first-order valence-corrected chi connectivity index (χ1v) is 8.56. The molecule has 24 heavy (non-hydrogen) atoms. The van der Waals surface area contributed by atoms with Crippen LogP contribution in [0.2, 0.25) is 0 Å². The molecule has 0 saturated carbocycles. The Kier molecular flexibility index (Phi) is 9.71. The van der Waals surface area contributed by atoms with E-state index in [9.17, 15) is 10.2 Å². The molecule has 0 aliphatic heterocycles. The summed E-state index contributed by atoms with van der Waals surface area (Å²) >= 11 is 0. The van der Waals surface area contributed by atoms with Crippen LogP contribution < -0.4 is 20.1 Å². The Hall–Kier alpha value is -1.34. The minimum Gasteiger partial charge on any atom is -0.487 e. The van der Waals surface area contributed by atoms with Crippen molar-refractivity contribution in [2.24, 2.45) is 0 Å². The number of hydrogen-bond donors (Lipinski definition) is 4. The Morgan fingerprint density at radius 1 is 0.792 bits per heavy atom. The van der Waals surface area contributed by atoms with Crippen molar-refractivity contribution >= 4 is 0 Å². The van der Waals surface area contributed by atoms with Gasteiger partial charge in [-0.1, -0.05) is 39.8 Å². The van der Waals surface area contributed by atoms with Gasteiger partial charge in [0.15, 0.2) is 11.5 Å². The molecule has 1 aromatic carbocycles. The zero-order chi connectivity index (χ0) is 17.9. The van der Waals surface area contributed by atoms with Gasteiger partial charge >= 0.3 is 0 Å². The van der Waals surface area contributed by atoms with Gasteiger partial charge in [-0.2, -0.15) is 0 Å². The van der Waals surface area contributed by atoms with Crippen molar-refractivity contribution in [1.82, 2.24) is 10.6 Å². The van der Waals surface area contributed by atoms with Crippen molar-refractivity contribution in [3.63, 3.8) is 0 Å². The molecule has 0 aliphatic carbocycles. The van der Waals surface area contributed by atoms with Gasteiger partial charge in [0.2, 0.25) is 0 Å². The predicted molar refractivity (Wildman–Crippen MR) is 95.7 cm³/mol. The summed E-state index contributed by atoms with van der Waals surface area (Å²) in [5.74, 6) is 1.12. The normalized spacial score (nSPS) is 14.0. The molecule has 4 N–H and O–H groups in total. The lowest BCUT2D eigenvalue weighted by Gasteiger charge is -2.18. The highest BCUT2D eigenvalue weighted by Crippen LogP contribution is 2.26. The van der Waals surface area contributed by atoms with Gasteiger partial charge in [0.1, 0.15) is 25.4 Å². The van der Waals surface area contributed by atoms with Crippen LogP contribution in [0.4, 0.5) is 0 Å². The Balaban J connectivity index is 2.43. The van der Waals surface area contributed by atoms with Crippen LogP contribution in [-0.2, 0) is 0 Å². The van der Waals surface area contributed by atoms with Crippen molar-refractivity contribution in [1.29, 1.82) is 0 Å². The third-order valence-corrected chi connectivity index (χ3v) is 3.24. The first kappa shape index (κ1) is 20.7. The second-order valence-corrected chi connectivity index (χ2v) is 6.50. The summed E-state index contributed by atoms with van der Waals surface area (Å²) in [6.07, 6.45) is -1.19. The smallest absolute Gasteiger partial charge is 0.161 e. The van der Waals surface area contributed by atoms with E-state index in [0.29, 0.717) is 36.7 Å². The molecule has 0 aliphatic rings. The molecule has 1 aromatic rings. The highest BCUT2D eigenvalue weighted by atomic mass is 16.5. The number of ether oxygens (including phenoxy) is 2. The number of hydrogen-bond acceptors (Lipinski definition) is 6.